The molecule has 70 valence electrons. The van der Waals surface area contributed by atoms with Crippen molar-refractivity contribution in [3.63, 3.8) is 0 Å². The van der Waals surface area contributed by atoms with Crippen LogP contribution < -0.4 is 4.90 Å². The number of nitrogens with one attached hydrogen (secondary N) is 1. The van der Waals surface area contributed by atoms with Gasteiger partial charge in [-0.15, -0.1) is 0 Å². The molecule has 0 aliphatic carbocycles. The normalized spacial score (nSPS) is 22.8. The van der Waals surface area contributed by atoms with E-state index in [0.717, 1.165) is 0 Å². The summed E-state index contributed by atoms with van der Waals surface area (Å²) in [6, 6.07) is 2.23. The Morgan fingerprint density at radius 2 is 2.46 bits per heavy atom. The molecule has 13 heavy (non-hydrogen) atoms. The zero-order valence-electron chi connectivity index (χ0n) is 8.05. The largest absolute Gasteiger partial charge is 0.334 e. The first-order chi connectivity index (χ1) is 6.34. The summed E-state index contributed by atoms with van der Waals surface area (Å²) in [5, 5.41) is 4.42. The highest BCUT2D eigenvalue weighted by Crippen LogP contribution is 2.14. The van der Waals surface area contributed by atoms with Crippen molar-refractivity contribution < 1.29 is 4.90 Å². The van der Waals surface area contributed by atoms with Crippen molar-refractivity contribution in [3.05, 3.63) is 34.0 Å². The van der Waals surface area contributed by atoms with Gasteiger partial charge in [-0.1, -0.05) is 5.57 Å². The van der Waals surface area contributed by atoms with Crippen molar-refractivity contribution in [1.29, 1.82) is 0 Å². The second kappa shape index (κ2) is 4.07. The van der Waals surface area contributed by atoms with Gasteiger partial charge in [-0.2, -0.15) is 11.3 Å². The van der Waals surface area contributed by atoms with Crippen molar-refractivity contribution in [2.75, 3.05) is 20.1 Å². The van der Waals surface area contributed by atoms with Crippen molar-refractivity contribution in [2.45, 2.75) is 12.8 Å². The Hall–Kier alpha value is -0.600. The van der Waals surface area contributed by atoms with Crippen molar-refractivity contribution in [2.24, 2.45) is 0 Å². The van der Waals surface area contributed by atoms with E-state index in [1.807, 2.05) is 0 Å². The second-order valence-electron chi connectivity index (χ2n) is 3.83. The second-order valence-corrected chi connectivity index (χ2v) is 4.61. The van der Waals surface area contributed by atoms with E-state index in [2.05, 4.69) is 30.0 Å². The summed E-state index contributed by atoms with van der Waals surface area (Å²) >= 11 is 1.80. The molecule has 0 fully saturated rings. The molecule has 1 aromatic rings. The lowest BCUT2D eigenvalue weighted by atomic mass is 10.0. The van der Waals surface area contributed by atoms with Crippen LogP contribution in [0.25, 0.3) is 0 Å². The maximum Gasteiger partial charge on any atom is 0.0958 e. The summed E-state index contributed by atoms with van der Waals surface area (Å²) < 4.78 is 0. The molecule has 0 spiro atoms. The molecule has 0 saturated heterocycles. The van der Waals surface area contributed by atoms with E-state index in [1.54, 1.807) is 21.8 Å². The molecular formula is C11H16NS+. The lowest BCUT2D eigenvalue weighted by Crippen LogP contribution is -3.09. The molecule has 2 heterocycles. The minimum atomic E-state index is 1.18. The average molecular weight is 194 g/mol. The summed E-state index contributed by atoms with van der Waals surface area (Å²) in [6.45, 7) is 2.51. The minimum absolute atomic E-state index is 1.18. The van der Waals surface area contributed by atoms with Crippen LogP contribution >= 0.6 is 11.3 Å². The fourth-order valence-electron chi connectivity index (χ4n) is 1.71. The number of likely N-dealkylation sites (N-methyl/N-ethyl adjacent to an activating group) is 1. The van der Waals surface area contributed by atoms with Gasteiger partial charge >= 0.3 is 0 Å². The van der Waals surface area contributed by atoms with Crippen molar-refractivity contribution in [1.82, 2.24) is 0 Å². The Morgan fingerprint density at radius 3 is 3.08 bits per heavy atom. The smallest absolute Gasteiger partial charge is 0.0958 e. The monoisotopic (exact) mass is 194 g/mol. The fourth-order valence-corrected chi connectivity index (χ4v) is 2.38. The summed E-state index contributed by atoms with van der Waals surface area (Å²) in [5.74, 6) is 0. The van der Waals surface area contributed by atoms with Gasteiger partial charge in [0, 0.05) is 6.42 Å². The van der Waals surface area contributed by atoms with Gasteiger partial charge in [0.1, 0.15) is 0 Å². The van der Waals surface area contributed by atoms with Crippen LogP contribution in [-0.4, -0.2) is 20.1 Å². The Kier molecular flexibility index (Phi) is 2.81. The quantitative estimate of drug-likeness (QED) is 0.673. The average Bonchev–Trinajstić information content (AvgIpc) is 2.62. The maximum atomic E-state index is 2.41. The van der Waals surface area contributed by atoms with Crippen LogP contribution in [0.2, 0.25) is 0 Å². The topological polar surface area (TPSA) is 4.44 Å². The summed E-state index contributed by atoms with van der Waals surface area (Å²) in [7, 11) is 2.26. The number of hydrogen-bond acceptors (Lipinski definition) is 1. The predicted molar refractivity (Wildman–Crippen MR) is 57.3 cm³/mol. The first kappa shape index (κ1) is 8.97. The first-order valence-corrected chi connectivity index (χ1v) is 5.79. The summed E-state index contributed by atoms with van der Waals surface area (Å²) in [5.41, 5.74) is 3.11. The van der Waals surface area contributed by atoms with Crippen molar-refractivity contribution >= 4 is 11.3 Å². The molecule has 0 radical (unpaired) electrons. The van der Waals surface area contributed by atoms with E-state index in [1.165, 1.54) is 31.5 Å². The summed E-state index contributed by atoms with van der Waals surface area (Å²) in [6.07, 6.45) is 4.87. The molecule has 2 rings (SSSR count). The molecular weight excluding hydrogens is 178 g/mol. The number of hydrogen-bond donors (Lipinski definition) is 1. The predicted octanol–water partition coefficient (Wildman–Crippen LogP) is 1.14. The molecule has 1 N–H and O–H groups in total. The molecule has 1 unspecified atom stereocenters. The molecule has 0 bridgehead atoms. The van der Waals surface area contributed by atoms with E-state index >= 15 is 0 Å². The third kappa shape index (κ3) is 2.42. The third-order valence-corrected chi connectivity index (χ3v) is 3.36. The fraction of sp³-hybridized carbons (Fsp3) is 0.455. The molecule has 1 aromatic heterocycles. The van der Waals surface area contributed by atoms with Crippen LogP contribution in [0, 0.1) is 0 Å². The van der Waals surface area contributed by atoms with E-state index in [-0.39, 0.29) is 0 Å². The number of rotatable bonds is 2. The highest BCUT2D eigenvalue weighted by atomic mass is 32.1. The Bertz CT molecular complexity index is 287. The van der Waals surface area contributed by atoms with Gasteiger partial charge < -0.3 is 4.90 Å². The van der Waals surface area contributed by atoms with Gasteiger partial charge in [-0.05, 0) is 34.9 Å². The lowest BCUT2D eigenvalue weighted by molar-refractivity contribution is -0.874. The van der Waals surface area contributed by atoms with Crippen LogP contribution in [-0.2, 0) is 6.42 Å². The first-order valence-electron chi connectivity index (χ1n) is 4.85. The van der Waals surface area contributed by atoms with Gasteiger partial charge in [0.15, 0.2) is 0 Å². The minimum Gasteiger partial charge on any atom is -0.334 e. The van der Waals surface area contributed by atoms with Gasteiger partial charge in [0.2, 0.25) is 0 Å². The zero-order valence-corrected chi connectivity index (χ0v) is 8.86. The molecule has 0 aromatic carbocycles. The van der Waals surface area contributed by atoms with Crippen LogP contribution in [0.5, 0.6) is 0 Å². The zero-order chi connectivity index (χ0) is 9.10. The molecule has 0 amide bonds. The van der Waals surface area contributed by atoms with E-state index in [0.29, 0.717) is 0 Å². The Morgan fingerprint density at radius 1 is 1.54 bits per heavy atom. The Labute approximate surface area is 83.7 Å². The molecule has 1 nitrogen and oxygen atoms in total. The standard InChI is InChI=1S/C11H15NS/c1-12-5-2-10(3-6-12)8-11-4-7-13-9-11/h2,4,7,9H,3,5-6,8H2,1H3/p+1. The molecule has 0 saturated carbocycles. The molecule has 2 heteroatoms. The van der Waals surface area contributed by atoms with Gasteiger partial charge in [-0.3, -0.25) is 0 Å². The van der Waals surface area contributed by atoms with E-state index in [4.69, 9.17) is 0 Å². The molecule has 1 atom stereocenters. The van der Waals surface area contributed by atoms with Gasteiger partial charge in [0.05, 0.1) is 20.1 Å². The highest BCUT2D eigenvalue weighted by molar-refractivity contribution is 7.07. The highest BCUT2D eigenvalue weighted by Gasteiger charge is 2.10. The maximum absolute atomic E-state index is 2.41. The molecule has 1 aliphatic heterocycles. The summed E-state index contributed by atoms with van der Waals surface area (Å²) in [4.78, 5) is 1.63. The number of thiophene rings is 1. The van der Waals surface area contributed by atoms with Gasteiger partial charge in [0.25, 0.3) is 0 Å². The number of quaternary nitrogens is 1. The molecule has 1 aliphatic rings. The van der Waals surface area contributed by atoms with Crippen LogP contribution in [0.1, 0.15) is 12.0 Å². The van der Waals surface area contributed by atoms with Crippen LogP contribution in [0.4, 0.5) is 0 Å². The van der Waals surface area contributed by atoms with Crippen LogP contribution in [0.3, 0.4) is 0 Å². The Balaban J connectivity index is 1.96. The SMILES string of the molecule is C[NH+]1CC=C(Cc2ccsc2)CC1. The van der Waals surface area contributed by atoms with Gasteiger partial charge in [-0.25, -0.2) is 0 Å². The third-order valence-electron chi connectivity index (χ3n) is 2.62. The van der Waals surface area contributed by atoms with Crippen LogP contribution in [0.15, 0.2) is 28.5 Å². The lowest BCUT2D eigenvalue weighted by Gasteiger charge is -2.19. The van der Waals surface area contributed by atoms with E-state index < -0.39 is 0 Å². The van der Waals surface area contributed by atoms with E-state index in [9.17, 15) is 0 Å². The van der Waals surface area contributed by atoms with Crippen molar-refractivity contribution in [3.8, 4) is 0 Å².